The van der Waals surface area contributed by atoms with E-state index in [-0.39, 0.29) is 5.88 Å². The Bertz CT molecular complexity index is 1060. The van der Waals surface area contributed by atoms with Gasteiger partial charge in [-0.1, -0.05) is 24.3 Å². The molecule has 0 saturated carbocycles. The predicted octanol–water partition coefficient (Wildman–Crippen LogP) is 4.48. The number of aromatic nitrogens is 2. The fraction of sp³-hybridized carbons (Fsp3) is 0. The molecular formula is C18H12N4O3. The Kier molecular flexibility index (Phi) is 3.59. The molecular weight excluding hydrogens is 320 g/mol. The number of furan rings is 1. The van der Waals surface area contributed by atoms with Gasteiger partial charge in [0.25, 0.3) is 0 Å². The topological polar surface area (TPSA) is 97.3 Å². The van der Waals surface area contributed by atoms with Gasteiger partial charge in [0, 0.05) is 5.56 Å². The smallest absolute Gasteiger partial charge is 0.400 e. The monoisotopic (exact) mass is 332 g/mol. The Labute approximate surface area is 141 Å². The summed E-state index contributed by atoms with van der Waals surface area (Å²) in [4.78, 5) is 22.3. The maximum absolute atomic E-state index is 10.7. The van der Waals surface area contributed by atoms with Crippen LogP contribution in [0.25, 0.3) is 22.4 Å². The number of benzene rings is 2. The van der Waals surface area contributed by atoms with Crippen LogP contribution in [-0.4, -0.2) is 21.1 Å². The SMILES string of the molecule is O=[N+]([O-])c1ccc(C=Nc2ccccc2-c2nc3ccccc3[nH]2)o1. The maximum atomic E-state index is 10.7. The minimum atomic E-state index is -0.584. The lowest BCUT2D eigenvalue weighted by Gasteiger charge is -2.01. The second kappa shape index (κ2) is 6.04. The van der Waals surface area contributed by atoms with Gasteiger partial charge in [-0.2, -0.15) is 0 Å². The van der Waals surface area contributed by atoms with Crippen LogP contribution < -0.4 is 0 Å². The molecule has 0 amide bonds. The molecule has 0 spiro atoms. The van der Waals surface area contributed by atoms with Crippen molar-refractivity contribution in [2.45, 2.75) is 0 Å². The zero-order valence-electron chi connectivity index (χ0n) is 12.9. The molecule has 0 radical (unpaired) electrons. The number of fused-ring (bicyclic) bond motifs is 1. The van der Waals surface area contributed by atoms with Crippen LogP contribution in [0.3, 0.4) is 0 Å². The molecule has 0 aliphatic heterocycles. The third-order valence-corrected chi connectivity index (χ3v) is 3.67. The number of rotatable bonds is 4. The van der Waals surface area contributed by atoms with E-state index in [0.717, 1.165) is 16.6 Å². The highest BCUT2D eigenvalue weighted by atomic mass is 16.6. The Balaban J connectivity index is 1.71. The number of aliphatic imine (C=N–C) groups is 1. The maximum Gasteiger partial charge on any atom is 0.433 e. The summed E-state index contributed by atoms with van der Waals surface area (Å²) in [5.74, 6) is 0.706. The van der Waals surface area contributed by atoms with E-state index in [1.54, 1.807) is 0 Å². The van der Waals surface area contributed by atoms with Crippen LogP contribution in [0.2, 0.25) is 0 Å². The molecule has 2 aromatic heterocycles. The minimum Gasteiger partial charge on any atom is -0.400 e. The van der Waals surface area contributed by atoms with Crippen LogP contribution in [0.15, 0.2) is 70.1 Å². The van der Waals surface area contributed by atoms with Gasteiger partial charge in [0.05, 0.1) is 29.0 Å². The van der Waals surface area contributed by atoms with Gasteiger partial charge >= 0.3 is 5.88 Å². The number of hydrogen-bond acceptors (Lipinski definition) is 5. The summed E-state index contributed by atoms with van der Waals surface area (Å²) in [5.41, 5.74) is 3.33. The molecule has 122 valence electrons. The Hall–Kier alpha value is -3.74. The highest BCUT2D eigenvalue weighted by Crippen LogP contribution is 2.29. The molecule has 0 bridgehead atoms. The lowest BCUT2D eigenvalue weighted by molar-refractivity contribution is -0.402. The number of H-pyrrole nitrogens is 1. The number of nitro groups is 1. The molecule has 0 unspecified atom stereocenters. The summed E-state index contributed by atoms with van der Waals surface area (Å²) < 4.78 is 5.09. The highest BCUT2D eigenvalue weighted by Gasteiger charge is 2.11. The minimum absolute atomic E-state index is 0.311. The van der Waals surface area contributed by atoms with Gasteiger partial charge in [-0.25, -0.2) is 4.98 Å². The van der Waals surface area contributed by atoms with E-state index < -0.39 is 4.92 Å². The molecule has 0 aliphatic rings. The van der Waals surface area contributed by atoms with Crippen LogP contribution in [0, 0.1) is 10.1 Å². The molecule has 7 heteroatoms. The van der Waals surface area contributed by atoms with Gasteiger partial charge in [-0.15, -0.1) is 0 Å². The first-order valence-corrected chi connectivity index (χ1v) is 7.53. The van der Waals surface area contributed by atoms with Gasteiger partial charge in [0.1, 0.15) is 10.7 Å². The van der Waals surface area contributed by atoms with Crippen molar-refractivity contribution in [2.75, 3.05) is 0 Å². The third-order valence-electron chi connectivity index (χ3n) is 3.67. The standard InChI is InChI=1S/C18H12N4O3/c23-22(24)17-10-9-12(25-17)11-19-14-6-2-1-5-13(14)18-20-15-7-3-4-8-16(15)21-18/h1-11H,(H,20,21). The van der Waals surface area contributed by atoms with Crippen molar-refractivity contribution < 1.29 is 9.34 Å². The first kappa shape index (κ1) is 14.8. The molecule has 25 heavy (non-hydrogen) atoms. The van der Waals surface area contributed by atoms with E-state index in [2.05, 4.69) is 15.0 Å². The summed E-state index contributed by atoms with van der Waals surface area (Å²) in [6.07, 6.45) is 1.45. The fourth-order valence-electron chi connectivity index (χ4n) is 2.51. The Morgan fingerprint density at radius 2 is 1.88 bits per heavy atom. The van der Waals surface area contributed by atoms with E-state index >= 15 is 0 Å². The van der Waals surface area contributed by atoms with Crippen molar-refractivity contribution in [3.05, 3.63) is 76.5 Å². The second-order valence-corrected chi connectivity index (χ2v) is 5.31. The van der Waals surface area contributed by atoms with Crippen LogP contribution in [-0.2, 0) is 0 Å². The first-order valence-electron chi connectivity index (χ1n) is 7.53. The average molecular weight is 332 g/mol. The molecule has 0 saturated heterocycles. The van der Waals surface area contributed by atoms with Crippen molar-refractivity contribution in [2.24, 2.45) is 4.99 Å². The Morgan fingerprint density at radius 3 is 2.68 bits per heavy atom. The van der Waals surface area contributed by atoms with Crippen LogP contribution in [0.4, 0.5) is 11.6 Å². The molecule has 4 aromatic rings. The largest absolute Gasteiger partial charge is 0.433 e. The van der Waals surface area contributed by atoms with Gasteiger partial charge < -0.3 is 9.40 Å². The van der Waals surface area contributed by atoms with Gasteiger partial charge in [0.15, 0.2) is 5.76 Å². The zero-order valence-corrected chi connectivity index (χ0v) is 12.9. The van der Waals surface area contributed by atoms with Gasteiger partial charge in [-0.3, -0.25) is 15.1 Å². The van der Waals surface area contributed by atoms with Crippen molar-refractivity contribution in [1.29, 1.82) is 0 Å². The van der Waals surface area contributed by atoms with Crippen LogP contribution in [0.1, 0.15) is 5.76 Å². The number of nitrogens with one attached hydrogen (secondary N) is 1. The highest BCUT2D eigenvalue weighted by molar-refractivity contribution is 5.85. The summed E-state index contributed by atoms with van der Waals surface area (Å²) in [5, 5.41) is 10.7. The normalized spacial score (nSPS) is 11.4. The average Bonchev–Trinajstić information content (AvgIpc) is 3.27. The number of aromatic amines is 1. The van der Waals surface area contributed by atoms with Crippen molar-refractivity contribution >= 4 is 28.8 Å². The molecule has 4 rings (SSSR count). The van der Waals surface area contributed by atoms with Crippen molar-refractivity contribution in [1.82, 2.24) is 9.97 Å². The molecule has 2 aromatic carbocycles. The molecule has 0 fully saturated rings. The summed E-state index contributed by atoms with van der Waals surface area (Å²) in [6, 6.07) is 18.1. The fourth-order valence-corrected chi connectivity index (χ4v) is 2.51. The van der Waals surface area contributed by atoms with E-state index in [9.17, 15) is 10.1 Å². The predicted molar refractivity (Wildman–Crippen MR) is 94.1 cm³/mol. The zero-order chi connectivity index (χ0) is 17.2. The first-order chi connectivity index (χ1) is 12.2. The molecule has 1 N–H and O–H groups in total. The summed E-state index contributed by atoms with van der Waals surface area (Å²) in [6.45, 7) is 0. The lowest BCUT2D eigenvalue weighted by atomic mass is 10.1. The van der Waals surface area contributed by atoms with E-state index in [4.69, 9.17) is 4.42 Å². The number of hydrogen-bond donors (Lipinski definition) is 1. The summed E-state index contributed by atoms with van der Waals surface area (Å²) in [7, 11) is 0. The quantitative estimate of drug-likeness (QED) is 0.338. The number of imidazole rings is 1. The van der Waals surface area contributed by atoms with Crippen LogP contribution in [0.5, 0.6) is 0 Å². The van der Waals surface area contributed by atoms with Crippen molar-refractivity contribution in [3.8, 4) is 11.4 Å². The van der Waals surface area contributed by atoms with E-state index in [1.807, 2.05) is 48.5 Å². The van der Waals surface area contributed by atoms with E-state index in [1.165, 1.54) is 18.3 Å². The number of nitrogens with zero attached hydrogens (tertiary/aromatic N) is 3. The Morgan fingerprint density at radius 1 is 1.08 bits per heavy atom. The molecule has 2 heterocycles. The van der Waals surface area contributed by atoms with Crippen LogP contribution >= 0.6 is 0 Å². The van der Waals surface area contributed by atoms with E-state index in [0.29, 0.717) is 17.3 Å². The third kappa shape index (κ3) is 2.90. The number of para-hydroxylation sites is 3. The van der Waals surface area contributed by atoms with Gasteiger partial charge in [-0.05, 0) is 30.3 Å². The molecule has 0 atom stereocenters. The second-order valence-electron chi connectivity index (χ2n) is 5.31. The summed E-state index contributed by atoms with van der Waals surface area (Å²) >= 11 is 0. The van der Waals surface area contributed by atoms with Gasteiger partial charge in [0.2, 0.25) is 0 Å². The van der Waals surface area contributed by atoms with Crippen molar-refractivity contribution in [3.63, 3.8) is 0 Å². The lowest BCUT2D eigenvalue weighted by Crippen LogP contribution is -1.84. The molecule has 7 nitrogen and oxygen atoms in total. The molecule has 0 aliphatic carbocycles.